The Morgan fingerprint density at radius 3 is 2.15 bits per heavy atom. The van der Waals surface area contributed by atoms with E-state index in [0.29, 0.717) is 11.5 Å². The van der Waals surface area contributed by atoms with Gasteiger partial charge in [-0.15, -0.1) is 0 Å². The number of hydrogen-bond acceptors (Lipinski definition) is 3. The Morgan fingerprint density at radius 1 is 0.750 bits per heavy atom. The van der Waals surface area contributed by atoms with Gasteiger partial charge >= 0.3 is 0 Å². The number of ether oxygens (including phenoxy) is 2. The molecule has 3 rings (SSSR count). The largest absolute Gasteiger partial charge is 0.493 e. The Bertz CT molecular complexity index is 687. The van der Waals surface area contributed by atoms with E-state index in [1.165, 1.54) is 0 Å². The van der Waals surface area contributed by atoms with Crippen LogP contribution >= 0.6 is 0 Å². The first-order valence-electron chi connectivity index (χ1n) is 6.32. The maximum Gasteiger partial charge on any atom is 0.169 e. The molecule has 20 heavy (non-hydrogen) atoms. The Balaban J connectivity index is 1.99. The Kier molecular flexibility index (Phi) is 3.42. The quantitative estimate of drug-likeness (QED) is 0.683. The predicted molar refractivity (Wildman–Crippen MR) is 77.2 cm³/mol. The number of para-hydroxylation sites is 3. The van der Waals surface area contributed by atoms with Crippen LogP contribution in [0.5, 0.6) is 17.2 Å². The van der Waals surface area contributed by atoms with Crippen molar-refractivity contribution < 1.29 is 13.9 Å². The molecule has 0 aliphatic rings. The summed E-state index contributed by atoms with van der Waals surface area (Å²) in [5.74, 6) is 2.87. The van der Waals surface area contributed by atoms with Gasteiger partial charge in [0.2, 0.25) is 0 Å². The highest BCUT2D eigenvalue weighted by molar-refractivity contribution is 5.66. The van der Waals surface area contributed by atoms with E-state index in [2.05, 4.69) is 0 Å². The van der Waals surface area contributed by atoms with Gasteiger partial charge in [-0.1, -0.05) is 24.3 Å². The number of hydrogen-bond donors (Lipinski definition) is 0. The van der Waals surface area contributed by atoms with E-state index >= 15 is 0 Å². The van der Waals surface area contributed by atoms with Crippen LogP contribution in [-0.4, -0.2) is 7.11 Å². The average molecular weight is 266 g/mol. The van der Waals surface area contributed by atoms with Gasteiger partial charge in [-0.25, -0.2) is 0 Å². The minimum Gasteiger partial charge on any atom is -0.493 e. The van der Waals surface area contributed by atoms with Crippen LogP contribution in [0.3, 0.4) is 0 Å². The van der Waals surface area contributed by atoms with Gasteiger partial charge in [0.05, 0.1) is 18.9 Å². The maximum atomic E-state index is 5.97. The van der Waals surface area contributed by atoms with Crippen molar-refractivity contribution in [1.82, 2.24) is 0 Å². The van der Waals surface area contributed by atoms with E-state index in [9.17, 15) is 0 Å². The topological polar surface area (TPSA) is 31.6 Å². The maximum absolute atomic E-state index is 5.97. The van der Waals surface area contributed by atoms with Crippen LogP contribution < -0.4 is 9.47 Å². The van der Waals surface area contributed by atoms with Gasteiger partial charge in [-0.05, 0) is 36.4 Å². The summed E-state index contributed by atoms with van der Waals surface area (Å²) < 4.78 is 16.7. The second-order valence-corrected chi connectivity index (χ2v) is 4.23. The lowest BCUT2D eigenvalue weighted by Gasteiger charge is -2.12. The molecular formula is C17H14O3. The van der Waals surface area contributed by atoms with Crippen LogP contribution in [0.25, 0.3) is 11.3 Å². The molecule has 0 bridgehead atoms. The van der Waals surface area contributed by atoms with Crippen molar-refractivity contribution in [3.8, 4) is 28.6 Å². The minimum absolute atomic E-state index is 0.675. The molecule has 1 heterocycles. The summed E-state index contributed by atoms with van der Waals surface area (Å²) in [6.07, 6.45) is 1.65. The smallest absolute Gasteiger partial charge is 0.169 e. The lowest BCUT2D eigenvalue weighted by atomic mass is 10.1. The SMILES string of the molecule is COc1ccccc1Oc1ccccc1-c1ccco1. The normalized spacial score (nSPS) is 10.2. The second-order valence-electron chi connectivity index (χ2n) is 4.23. The van der Waals surface area contributed by atoms with Crippen molar-refractivity contribution in [2.45, 2.75) is 0 Å². The van der Waals surface area contributed by atoms with Gasteiger partial charge in [-0.2, -0.15) is 0 Å². The van der Waals surface area contributed by atoms with Crippen molar-refractivity contribution in [2.24, 2.45) is 0 Å². The molecule has 0 fully saturated rings. The molecule has 0 N–H and O–H groups in total. The summed E-state index contributed by atoms with van der Waals surface area (Å²) in [6.45, 7) is 0. The zero-order valence-corrected chi connectivity index (χ0v) is 11.1. The summed E-state index contributed by atoms with van der Waals surface area (Å²) in [7, 11) is 1.63. The van der Waals surface area contributed by atoms with E-state index < -0.39 is 0 Å². The van der Waals surface area contributed by atoms with Gasteiger partial charge in [0.25, 0.3) is 0 Å². The molecule has 1 aromatic heterocycles. The highest BCUT2D eigenvalue weighted by Gasteiger charge is 2.11. The van der Waals surface area contributed by atoms with Crippen molar-refractivity contribution >= 4 is 0 Å². The van der Waals surface area contributed by atoms with Crippen molar-refractivity contribution in [3.05, 3.63) is 66.9 Å². The Morgan fingerprint density at radius 2 is 1.45 bits per heavy atom. The van der Waals surface area contributed by atoms with Crippen molar-refractivity contribution in [1.29, 1.82) is 0 Å². The van der Waals surface area contributed by atoms with Crippen LogP contribution in [0.15, 0.2) is 71.3 Å². The average Bonchev–Trinajstić information content (AvgIpc) is 3.02. The first kappa shape index (κ1) is 12.4. The molecule has 3 nitrogen and oxygen atoms in total. The van der Waals surface area contributed by atoms with E-state index in [1.54, 1.807) is 13.4 Å². The van der Waals surface area contributed by atoms with Crippen LogP contribution in [0.2, 0.25) is 0 Å². The third kappa shape index (κ3) is 2.38. The number of benzene rings is 2. The summed E-state index contributed by atoms with van der Waals surface area (Å²) in [5.41, 5.74) is 0.906. The molecule has 100 valence electrons. The van der Waals surface area contributed by atoms with Crippen molar-refractivity contribution in [3.63, 3.8) is 0 Å². The molecule has 0 saturated heterocycles. The number of furan rings is 1. The third-order valence-electron chi connectivity index (χ3n) is 2.96. The highest BCUT2D eigenvalue weighted by atomic mass is 16.5. The van der Waals surface area contributed by atoms with Crippen LogP contribution in [0.1, 0.15) is 0 Å². The molecule has 3 aromatic rings. The van der Waals surface area contributed by atoms with E-state index in [1.807, 2.05) is 60.7 Å². The Labute approximate surface area is 117 Å². The summed E-state index contributed by atoms with van der Waals surface area (Å²) in [4.78, 5) is 0. The molecule has 0 spiro atoms. The first-order chi connectivity index (χ1) is 9.88. The van der Waals surface area contributed by atoms with E-state index in [0.717, 1.165) is 17.1 Å². The van der Waals surface area contributed by atoms with E-state index in [4.69, 9.17) is 13.9 Å². The monoisotopic (exact) mass is 266 g/mol. The molecule has 0 aliphatic heterocycles. The van der Waals surface area contributed by atoms with Crippen LogP contribution in [0, 0.1) is 0 Å². The van der Waals surface area contributed by atoms with E-state index in [-0.39, 0.29) is 0 Å². The molecule has 0 radical (unpaired) electrons. The molecule has 0 amide bonds. The number of rotatable bonds is 4. The predicted octanol–water partition coefficient (Wildman–Crippen LogP) is 4.75. The van der Waals surface area contributed by atoms with Gasteiger partial charge in [0.1, 0.15) is 11.5 Å². The summed E-state index contributed by atoms with van der Waals surface area (Å²) >= 11 is 0. The zero-order valence-electron chi connectivity index (χ0n) is 11.1. The molecule has 0 atom stereocenters. The first-order valence-corrected chi connectivity index (χ1v) is 6.32. The standard InChI is InChI=1S/C17H14O3/c1-18-16-9-4-5-10-17(16)20-15-8-3-2-7-13(15)14-11-6-12-19-14/h2-12H,1H3. The molecule has 0 unspecified atom stereocenters. The molecule has 0 aliphatic carbocycles. The highest BCUT2D eigenvalue weighted by Crippen LogP contribution is 2.36. The van der Waals surface area contributed by atoms with Crippen LogP contribution in [-0.2, 0) is 0 Å². The fraction of sp³-hybridized carbons (Fsp3) is 0.0588. The van der Waals surface area contributed by atoms with Gasteiger partial charge in [0.15, 0.2) is 11.5 Å². The van der Waals surface area contributed by atoms with Gasteiger partial charge in [-0.3, -0.25) is 0 Å². The fourth-order valence-electron chi connectivity index (χ4n) is 2.01. The summed E-state index contributed by atoms with van der Waals surface area (Å²) in [5, 5.41) is 0. The lowest BCUT2D eigenvalue weighted by molar-refractivity contribution is 0.379. The molecule has 2 aromatic carbocycles. The third-order valence-corrected chi connectivity index (χ3v) is 2.96. The number of methoxy groups -OCH3 is 1. The zero-order chi connectivity index (χ0) is 13.8. The summed E-state index contributed by atoms with van der Waals surface area (Å²) in [6, 6.07) is 19.1. The van der Waals surface area contributed by atoms with Crippen LogP contribution in [0.4, 0.5) is 0 Å². The minimum atomic E-state index is 0.675. The van der Waals surface area contributed by atoms with Crippen molar-refractivity contribution in [2.75, 3.05) is 7.11 Å². The Hall–Kier alpha value is -2.68. The fourth-order valence-corrected chi connectivity index (χ4v) is 2.01. The molecular weight excluding hydrogens is 252 g/mol. The lowest BCUT2D eigenvalue weighted by Crippen LogP contribution is -1.91. The van der Waals surface area contributed by atoms with Gasteiger partial charge < -0.3 is 13.9 Å². The second kappa shape index (κ2) is 5.53. The molecule has 3 heteroatoms. The van der Waals surface area contributed by atoms with Gasteiger partial charge in [0, 0.05) is 0 Å². The molecule has 0 saturated carbocycles.